The smallest absolute Gasteiger partial charge is 0.156 e. The van der Waals surface area contributed by atoms with Gasteiger partial charge in [-0.25, -0.2) is 4.39 Å². The topological polar surface area (TPSA) is 29.1 Å². The summed E-state index contributed by atoms with van der Waals surface area (Å²) in [6.07, 6.45) is 0.0663. The summed E-state index contributed by atoms with van der Waals surface area (Å²) in [5, 5.41) is 3.23. The van der Waals surface area contributed by atoms with Crippen molar-refractivity contribution in [3.8, 4) is 0 Å². The maximum Gasteiger partial charge on any atom is 0.156 e. The Bertz CT molecular complexity index is 404. The van der Waals surface area contributed by atoms with Gasteiger partial charge in [0, 0.05) is 11.4 Å². The molecule has 1 rings (SSSR count). The monoisotopic (exact) mass is 243 g/mol. The van der Waals surface area contributed by atoms with Crippen molar-refractivity contribution in [3.63, 3.8) is 0 Å². The molecule has 0 fully saturated rings. The molecule has 0 spiro atoms. The molecular weight excluding hydrogens is 229 g/mol. The third-order valence-electron chi connectivity index (χ3n) is 2.69. The molecule has 4 heteroatoms. The van der Waals surface area contributed by atoms with Crippen molar-refractivity contribution in [2.75, 3.05) is 7.05 Å². The Hall–Kier alpha value is -0.930. The first-order chi connectivity index (χ1) is 7.36. The highest BCUT2D eigenvalue weighted by Crippen LogP contribution is 2.17. The van der Waals surface area contributed by atoms with Crippen LogP contribution in [0.4, 0.5) is 4.39 Å². The molecule has 88 valence electrons. The molecule has 0 aliphatic carbocycles. The van der Waals surface area contributed by atoms with Gasteiger partial charge in [-0.2, -0.15) is 0 Å². The summed E-state index contributed by atoms with van der Waals surface area (Å²) in [7, 11) is 1.70. The van der Waals surface area contributed by atoms with Gasteiger partial charge < -0.3 is 5.32 Å². The third kappa shape index (κ3) is 3.03. The Morgan fingerprint density at radius 1 is 1.50 bits per heavy atom. The van der Waals surface area contributed by atoms with Crippen LogP contribution in [-0.2, 0) is 11.2 Å². The molecule has 0 aromatic heterocycles. The van der Waals surface area contributed by atoms with Gasteiger partial charge in [-0.3, -0.25) is 4.79 Å². The van der Waals surface area contributed by atoms with E-state index in [1.54, 1.807) is 33.0 Å². The molecule has 1 N–H and O–H groups in total. The zero-order valence-electron chi connectivity index (χ0n) is 9.60. The van der Waals surface area contributed by atoms with Gasteiger partial charge in [0.2, 0.25) is 0 Å². The van der Waals surface area contributed by atoms with Crippen molar-refractivity contribution < 1.29 is 9.18 Å². The fourth-order valence-corrected chi connectivity index (χ4v) is 1.36. The quantitative estimate of drug-likeness (QED) is 0.881. The lowest BCUT2D eigenvalue weighted by atomic mass is 9.94. The van der Waals surface area contributed by atoms with E-state index in [9.17, 15) is 9.18 Å². The third-order valence-corrected chi connectivity index (χ3v) is 2.92. The highest BCUT2D eigenvalue weighted by Gasteiger charge is 2.25. The Labute approximate surface area is 99.8 Å². The van der Waals surface area contributed by atoms with Gasteiger partial charge >= 0.3 is 0 Å². The van der Waals surface area contributed by atoms with E-state index in [1.165, 1.54) is 6.07 Å². The summed E-state index contributed by atoms with van der Waals surface area (Å²) >= 11 is 5.63. The highest BCUT2D eigenvalue weighted by molar-refractivity contribution is 6.30. The summed E-state index contributed by atoms with van der Waals surface area (Å²) in [6, 6.07) is 4.34. The Morgan fingerprint density at radius 3 is 2.62 bits per heavy atom. The summed E-state index contributed by atoms with van der Waals surface area (Å²) in [4.78, 5) is 11.8. The van der Waals surface area contributed by atoms with Gasteiger partial charge in [0.25, 0.3) is 0 Å². The number of ketones is 1. The minimum absolute atomic E-state index is 0.0591. The number of halogens is 2. The number of hydrogen-bond acceptors (Lipinski definition) is 2. The molecule has 0 radical (unpaired) electrons. The molecule has 0 heterocycles. The van der Waals surface area contributed by atoms with Crippen molar-refractivity contribution in [1.29, 1.82) is 0 Å². The number of carbonyl (C=O) groups is 1. The minimum atomic E-state index is -0.647. The molecule has 1 aromatic rings. The molecule has 0 bridgehead atoms. The first kappa shape index (κ1) is 13.1. The van der Waals surface area contributed by atoms with E-state index in [4.69, 9.17) is 11.6 Å². The molecule has 1 aromatic carbocycles. The van der Waals surface area contributed by atoms with Crippen LogP contribution in [0.2, 0.25) is 5.02 Å². The van der Waals surface area contributed by atoms with Crippen LogP contribution >= 0.6 is 11.6 Å². The normalized spacial score (nSPS) is 11.6. The lowest BCUT2D eigenvalue weighted by Crippen LogP contribution is -2.45. The van der Waals surface area contributed by atoms with Crippen LogP contribution in [0.1, 0.15) is 19.4 Å². The molecule has 16 heavy (non-hydrogen) atoms. The fourth-order valence-electron chi connectivity index (χ4n) is 1.20. The fraction of sp³-hybridized carbons (Fsp3) is 0.417. The van der Waals surface area contributed by atoms with Crippen LogP contribution in [0.5, 0.6) is 0 Å². The number of hydrogen-bond donors (Lipinski definition) is 1. The van der Waals surface area contributed by atoms with Gasteiger partial charge in [-0.15, -0.1) is 0 Å². The van der Waals surface area contributed by atoms with Crippen molar-refractivity contribution in [3.05, 3.63) is 34.6 Å². The molecule has 0 aliphatic heterocycles. The molecule has 0 saturated carbocycles. The van der Waals surface area contributed by atoms with Crippen LogP contribution in [0.15, 0.2) is 18.2 Å². The number of Topliss-reactive ketones (excluding diaryl/α,β-unsaturated/α-hetero) is 1. The van der Waals surface area contributed by atoms with E-state index in [0.717, 1.165) is 0 Å². The maximum atomic E-state index is 13.4. The Balaban J connectivity index is 2.85. The summed E-state index contributed by atoms with van der Waals surface area (Å²) < 4.78 is 13.4. The van der Waals surface area contributed by atoms with Crippen molar-refractivity contribution >= 4 is 17.4 Å². The van der Waals surface area contributed by atoms with Crippen LogP contribution in [0.25, 0.3) is 0 Å². The first-order valence-corrected chi connectivity index (χ1v) is 5.41. The number of benzene rings is 1. The van der Waals surface area contributed by atoms with Gasteiger partial charge in [-0.1, -0.05) is 17.7 Å². The predicted octanol–water partition coefficient (Wildman–Crippen LogP) is 2.59. The Kier molecular flexibility index (Phi) is 4.05. The van der Waals surface area contributed by atoms with Gasteiger partial charge in [0.05, 0.1) is 5.54 Å². The predicted molar refractivity (Wildman–Crippen MR) is 63.3 cm³/mol. The van der Waals surface area contributed by atoms with E-state index in [-0.39, 0.29) is 12.2 Å². The van der Waals surface area contributed by atoms with Crippen molar-refractivity contribution in [1.82, 2.24) is 5.32 Å². The molecule has 0 unspecified atom stereocenters. The second kappa shape index (κ2) is 4.93. The van der Waals surface area contributed by atoms with Crippen molar-refractivity contribution in [2.45, 2.75) is 25.8 Å². The van der Waals surface area contributed by atoms with E-state index in [2.05, 4.69) is 5.32 Å². The molecule has 0 saturated heterocycles. The highest BCUT2D eigenvalue weighted by atomic mass is 35.5. The number of nitrogens with one attached hydrogen (secondary N) is 1. The molecule has 0 atom stereocenters. The second-order valence-corrected chi connectivity index (χ2v) is 4.65. The first-order valence-electron chi connectivity index (χ1n) is 5.03. The standard InChI is InChI=1S/C12H15ClFNO/c1-12(2,15-3)11(16)6-8-4-5-9(13)7-10(8)14/h4-5,7,15H,6H2,1-3H3. The SMILES string of the molecule is CNC(C)(C)C(=O)Cc1ccc(Cl)cc1F. The zero-order chi connectivity index (χ0) is 12.3. The molecule has 0 aliphatic rings. The van der Waals surface area contributed by atoms with Crippen LogP contribution in [-0.4, -0.2) is 18.4 Å². The minimum Gasteiger partial charge on any atom is -0.308 e. The molecule has 2 nitrogen and oxygen atoms in total. The van der Waals surface area contributed by atoms with Gasteiger partial charge in [-0.05, 0) is 38.6 Å². The lowest BCUT2D eigenvalue weighted by molar-refractivity contribution is -0.123. The van der Waals surface area contributed by atoms with Crippen LogP contribution < -0.4 is 5.32 Å². The summed E-state index contributed by atoms with van der Waals surface area (Å²) in [6.45, 7) is 3.53. The van der Waals surface area contributed by atoms with E-state index in [1.807, 2.05) is 0 Å². The second-order valence-electron chi connectivity index (χ2n) is 4.21. The number of carbonyl (C=O) groups excluding carboxylic acids is 1. The average molecular weight is 244 g/mol. The average Bonchev–Trinajstić information content (AvgIpc) is 2.22. The maximum absolute atomic E-state index is 13.4. The van der Waals surface area contributed by atoms with E-state index >= 15 is 0 Å². The van der Waals surface area contributed by atoms with Crippen LogP contribution in [0.3, 0.4) is 0 Å². The van der Waals surface area contributed by atoms with Gasteiger partial charge in [0.15, 0.2) is 5.78 Å². The van der Waals surface area contributed by atoms with Crippen molar-refractivity contribution in [2.24, 2.45) is 0 Å². The lowest BCUT2D eigenvalue weighted by Gasteiger charge is -2.22. The molecule has 0 amide bonds. The van der Waals surface area contributed by atoms with E-state index in [0.29, 0.717) is 10.6 Å². The van der Waals surface area contributed by atoms with E-state index < -0.39 is 11.4 Å². The number of rotatable bonds is 4. The van der Waals surface area contributed by atoms with Gasteiger partial charge in [0.1, 0.15) is 5.82 Å². The zero-order valence-corrected chi connectivity index (χ0v) is 10.4. The largest absolute Gasteiger partial charge is 0.308 e. The summed E-state index contributed by atoms with van der Waals surface area (Å²) in [5.41, 5.74) is -0.274. The summed E-state index contributed by atoms with van der Waals surface area (Å²) in [5.74, 6) is -0.496. The van der Waals surface area contributed by atoms with Crippen LogP contribution in [0, 0.1) is 5.82 Å². The number of likely N-dealkylation sites (N-methyl/N-ethyl adjacent to an activating group) is 1. The molecular formula is C12H15ClFNO. The Morgan fingerprint density at radius 2 is 2.12 bits per heavy atom.